The first-order chi connectivity index (χ1) is 5.34. The first-order valence-corrected chi connectivity index (χ1v) is 3.14. The Kier molecular flexibility index (Phi) is 2.43. The average Bonchev–Trinajstić information content (AvgIpc) is 2.03. The maximum absolute atomic E-state index is 9.60. The molecular formula is C7H8N2O2. The molecule has 0 spiro atoms. The molecule has 11 heavy (non-hydrogen) atoms. The van der Waals surface area contributed by atoms with Gasteiger partial charge in [-0.25, -0.2) is 0 Å². The molecule has 0 aromatic heterocycles. The molecule has 0 aliphatic heterocycles. The molecule has 1 N–H and O–H groups in total. The van der Waals surface area contributed by atoms with E-state index in [1.165, 1.54) is 0 Å². The van der Waals surface area contributed by atoms with Crippen LogP contribution < -0.4 is 10.4 Å². The Labute approximate surface area is 64.1 Å². The molecule has 0 amide bonds. The van der Waals surface area contributed by atoms with Crippen molar-refractivity contribution in [2.24, 2.45) is 5.29 Å². The van der Waals surface area contributed by atoms with Crippen LogP contribution in [0.1, 0.15) is 5.56 Å². The second kappa shape index (κ2) is 3.55. The summed E-state index contributed by atoms with van der Waals surface area (Å²) in [5.74, 6) is 0.604. The quantitative estimate of drug-likeness (QED) is 0.528. The van der Waals surface area contributed by atoms with Crippen LogP contribution in [0.25, 0.3) is 0 Å². The lowest BCUT2D eigenvalue weighted by Crippen LogP contribution is -2.09. The number of nitroso groups, excluding NO2 is 1. The van der Waals surface area contributed by atoms with Crippen molar-refractivity contribution in [3.05, 3.63) is 34.7 Å². The van der Waals surface area contributed by atoms with Crippen molar-refractivity contribution in [1.82, 2.24) is 5.59 Å². The van der Waals surface area contributed by atoms with E-state index in [9.17, 15) is 4.91 Å². The van der Waals surface area contributed by atoms with Gasteiger partial charge in [0, 0.05) is 0 Å². The number of para-hydroxylation sites is 1. The summed E-state index contributed by atoms with van der Waals surface area (Å²) in [6.07, 6.45) is 0. The van der Waals surface area contributed by atoms with Crippen LogP contribution in [0.4, 0.5) is 0 Å². The third-order valence-corrected chi connectivity index (χ3v) is 1.29. The second-order valence-electron chi connectivity index (χ2n) is 2.05. The van der Waals surface area contributed by atoms with Gasteiger partial charge < -0.3 is 4.84 Å². The number of nitrogens with zero attached hydrogens (tertiary/aromatic N) is 1. The standard InChI is InChI=1S/C7H8N2O2/c1-6-4-2-3-5-7(6)11-9-8-10/h2-5H,1H3,(H,9,10). The van der Waals surface area contributed by atoms with E-state index in [-0.39, 0.29) is 0 Å². The molecule has 0 atom stereocenters. The van der Waals surface area contributed by atoms with Crippen molar-refractivity contribution >= 4 is 0 Å². The third kappa shape index (κ3) is 1.93. The summed E-state index contributed by atoms with van der Waals surface area (Å²) in [5.41, 5.74) is 2.82. The summed E-state index contributed by atoms with van der Waals surface area (Å²) in [4.78, 5) is 14.4. The highest BCUT2D eigenvalue weighted by Crippen LogP contribution is 2.14. The van der Waals surface area contributed by atoms with E-state index in [0.717, 1.165) is 5.56 Å². The maximum atomic E-state index is 9.60. The monoisotopic (exact) mass is 152 g/mol. The number of hydrogen-bond acceptors (Lipinski definition) is 3. The van der Waals surface area contributed by atoms with E-state index in [1.807, 2.05) is 30.7 Å². The van der Waals surface area contributed by atoms with Crippen molar-refractivity contribution in [2.75, 3.05) is 0 Å². The van der Waals surface area contributed by atoms with Gasteiger partial charge in [0.25, 0.3) is 0 Å². The Balaban J connectivity index is 2.69. The minimum atomic E-state index is 0.604. The lowest BCUT2D eigenvalue weighted by atomic mass is 10.2. The molecular weight excluding hydrogens is 144 g/mol. The molecule has 1 aromatic rings. The summed E-state index contributed by atoms with van der Waals surface area (Å²) in [7, 11) is 0. The van der Waals surface area contributed by atoms with Crippen molar-refractivity contribution < 1.29 is 4.84 Å². The summed E-state index contributed by atoms with van der Waals surface area (Å²) < 4.78 is 0. The molecule has 58 valence electrons. The molecule has 0 heterocycles. The Hall–Kier alpha value is -1.58. The van der Waals surface area contributed by atoms with Crippen molar-refractivity contribution in [3.63, 3.8) is 0 Å². The highest BCUT2D eigenvalue weighted by atomic mass is 16.7. The van der Waals surface area contributed by atoms with Crippen LogP contribution in [0.5, 0.6) is 5.75 Å². The summed E-state index contributed by atoms with van der Waals surface area (Å²) in [6, 6.07) is 7.32. The van der Waals surface area contributed by atoms with Crippen LogP contribution in [0.3, 0.4) is 0 Å². The van der Waals surface area contributed by atoms with E-state index < -0.39 is 0 Å². The first kappa shape index (κ1) is 7.53. The fourth-order valence-electron chi connectivity index (χ4n) is 0.739. The van der Waals surface area contributed by atoms with Gasteiger partial charge in [-0.2, -0.15) is 0 Å². The third-order valence-electron chi connectivity index (χ3n) is 1.29. The number of aryl methyl sites for hydroxylation is 1. The molecule has 0 radical (unpaired) electrons. The Morgan fingerprint density at radius 2 is 2.18 bits per heavy atom. The maximum Gasteiger partial charge on any atom is 0.160 e. The number of hydrogen-bond donors (Lipinski definition) is 1. The van der Waals surface area contributed by atoms with Gasteiger partial charge >= 0.3 is 0 Å². The summed E-state index contributed by atoms with van der Waals surface area (Å²) >= 11 is 0. The molecule has 0 aliphatic rings. The van der Waals surface area contributed by atoms with Crippen molar-refractivity contribution in [2.45, 2.75) is 6.92 Å². The van der Waals surface area contributed by atoms with Crippen molar-refractivity contribution in [1.29, 1.82) is 0 Å². The molecule has 1 aromatic carbocycles. The minimum absolute atomic E-state index is 0.604. The van der Waals surface area contributed by atoms with Crippen molar-refractivity contribution in [3.8, 4) is 5.75 Å². The molecule has 4 nitrogen and oxygen atoms in total. The molecule has 1 rings (SSSR count). The SMILES string of the molecule is Cc1ccccc1ONN=O. The molecule has 0 unspecified atom stereocenters. The van der Waals surface area contributed by atoms with Gasteiger partial charge in [-0.15, -0.1) is 10.5 Å². The average molecular weight is 152 g/mol. The Morgan fingerprint density at radius 3 is 2.82 bits per heavy atom. The zero-order chi connectivity index (χ0) is 8.10. The molecule has 0 aliphatic carbocycles. The number of rotatable bonds is 3. The van der Waals surface area contributed by atoms with Crippen LogP contribution in [-0.4, -0.2) is 0 Å². The number of benzene rings is 1. The molecule has 0 saturated heterocycles. The zero-order valence-corrected chi connectivity index (χ0v) is 6.07. The van der Waals surface area contributed by atoms with Gasteiger partial charge in [-0.3, -0.25) is 0 Å². The minimum Gasteiger partial charge on any atom is -0.362 e. The van der Waals surface area contributed by atoms with Gasteiger partial charge in [0.2, 0.25) is 0 Å². The van der Waals surface area contributed by atoms with Crippen LogP contribution in [-0.2, 0) is 0 Å². The van der Waals surface area contributed by atoms with Gasteiger partial charge in [-0.1, -0.05) is 18.2 Å². The lowest BCUT2D eigenvalue weighted by molar-refractivity contribution is 0.198. The zero-order valence-electron chi connectivity index (χ0n) is 6.07. The molecule has 0 fully saturated rings. The topological polar surface area (TPSA) is 50.7 Å². The van der Waals surface area contributed by atoms with Gasteiger partial charge in [0.05, 0.1) is 5.29 Å². The van der Waals surface area contributed by atoms with Gasteiger partial charge in [0.1, 0.15) is 0 Å². The Bertz CT molecular complexity index is 250. The molecule has 0 saturated carbocycles. The van der Waals surface area contributed by atoms with Crippen LogP contribution in [0.2, 0.25) is 0 Å². The number of nitrogens with one attached hydrogen (secondary N) is 1. The second-order valence-corrected chi connectivity index (χ2v) is 2.05. The van der Waals surface area contributed by atoms with Gasteiger partial charge in [-0.05, 0) is 18.6 Å². The fourth-order valence-corrected chi connectivity index (χ4v) is 0.739. The van der Waals surface area contributed by atoms with Crippen LogP contribution in [0.15, 0.2) is 29.6 Å². The lowest BCUT2D eigenvalue weighted by Gasteiger charge is -2.02. The normalized spacial score (nSPS) is 8.82. The van der Waals surface area contributed by atoms with E-state index in [4.69, 9.17) is 4.84 Å². The van der Waals surface area contributed by atoms with Crippen LogP contribution in [0, 0.1) is 11.8 Å². The largest absolute Gasteiger partial charge is 0.362 e. The van der Waals surface area contributed by atoms with E-state index in [0.29, 0.717) is 5.75 Å². The first-order valence-electron chi connectivity index (χ1n) is 3.14. The predicted molar refractivity (Wildman–Crippen MR) is 40.7 cm³/mol. The molecule has 0 bridgehead atoms. The highest BCUT2D eigenvalue weighted by Gasteiger charge is 1.95. The van der Waals surface area contributed by atoms with Crippen LogP contribution >= 0.6 is 0 Å². The van der Waals surface area contributed by atoms with Gasteiger partial charge in [0.15, 0.2) is 5.75 Å². The Morgan fingerprint density at radius 1 is 1.45 bits per heavy atom. The highest BCUT2D eigenvalue weighted by molar-refractivity contribution is 5.31. The summed E-state index contributed by atoms with van der Waals surface area (Å²) in [6.45, 7) is 1.88. The molecule has 4 heteroatoms. The summed E-state index contributed by atoms with van der Waals surface area (Å²) in [5, 5.41) is 2.35. The van der Waals surface area contributed by atoms with E-state index in [2.05, 4.69) is 5.29 Å². The fraction of sp³-hybridized carbons (Fsp3) is 0.143. The predicted octanol–water partition coefficient (Wildman–Crippen LogP) is 1.56. The van der Waals surface area contributed by atoms with E-state index >= 15 is 0 Å². The smallest absolute Gasteiger partial charge is 0.160 e. The van der Waals surface area contributed by atoms with E-state index in [1.54, 1.807) is 6.07 Å².